The molecule has 14 heavy (non-hydrogen) atoms. The van der Waals surface area contributed by atoms with Gasteiger partial charge in [0.05, 0.1) is 13.2 Å². The number of halogens is 1. The van der Waals surface area contributed by atoms with E-state index < -0.39 is 5.67 Å². The Morgan fingerprint density at radius 1 is 1.57 bits per heavy atom. The van der Waals surface area contributed by atoms with Crippen molar-refractivity contribution in [1.82, 2.24) is 4.90 Å². The summed E-state index contributed by atoms with van der Waals surface area (Å²) >= 11 is 0. The van der Waals surface area contributed by atoms with E-state index in [9.17, 15) is 4.39 Å². The van der Waals surface area contributed by atoms with Crippen LogP contribution in [0.1, 0.15) is 20.3 Å². The number of fused-ring (bicyclic) bond motifs is 1. The van der Waals surface area contributed by atoms with Crippen LogP contribution in [0.4, 0.5) is 4.39 Å². The van der Waals surface area contributed by atoms with Crippen LogP contribution < -0.4 is 0 Å². The molecule has 3 nitrogen and oxygen atoms in total. The molecule has 0 aliphatic carbocycles. The molecule has 0 spiro atoms. The lowest BCUT2D eigenvalue weighted by atomic mass is 10.0. The van der Waals surface area contributed by atoms with Crippen LogP contribution in [0.3, 0.4) is 0 Å². The first-order valence-electron chi connectivity index (χ1n) is 5.05. The molecule has 0 aromatic heterocycles. The zero-order valence-corrected chi connectivity index (χ0v) is 9.05. The maximum atomic E-state index is 14.2. The predicted octanol–water partition coefficient (Wildman–Crippen LogP) is 1.18. The number of nitrogens with zero attached hydrogens (tertiary/aromatic N) is 1. The lowest BCUT2D eigenvalue weighted by Crippen LogP contribution is -2.43. The Balaban J connectivity index is 2.08. The van der Waals surface area contributed by atoms with Gasteiger partial charge in [0.2, 0.25) is 0 Å². The minimum Gasteiger partial charge on any atom is -0.381 e. The summed E-state index contributed by atoms with van der Waals surface area (Å²) in [5, 5.41) is 0. The van der Waals surface area contributed by atoms with Gasteiger partial charge in [0.25, 0.3) is 0 Å². The zero-order chi connectivity index (χ0) is 10.4. The number of rotatable bonds is 2. The van der Waals surface area contributed by atoms with E-state index in [0.29, 0.717) is 19.6 Å². The van der Waals surface area contributed by atoms with Crippen molar-refractivity contribution in [1.29, 1.82) is 0 Å². The minimum atomic E-state index is -1.18. The first kappa shape index (κ1) is 10.3. The lowest BCUT2D eigenvalue weighted by Gasteiger charge is -2.30. The van der Waals surface area contributed by atoms with Gasteiger partial charge in [-0.05, 0) is 13.8 Å². The molecule has 0 saturated carbocycles. The zero-order valence-electron chi connectivity index (χ0n) is 9.05. The third-order valence-corrected chi connectivity index (χ3v) is 3.22. The van der Waals surface area contributed by atoms with E-state index in [4.69, 9.17) is 9.47 Å². The van der Waals surface area contributed by atoms with Gasteiger partial charge in [-0.2, -0.15) is 0 Å². The smallest absolute Gasteiger partial charge is 0.148 e. The molecule has 0 aromatic rings. The maximum absolute atomic E-state index is 14.2. The van der Waals surface area contributed by atoms with Gasteiger partial charge in [-0.25, -0.2) is 4.39 Å². The Morgan fingerprint density at radius 3 is 2.86 bits per heavy atom. The molecule has 0 aromatic carbocycles. The van der Waals surface area contributed by atoms with Crippen molar-refractivity contribution in [2.75, 3.05) is 26.9 Å². The molecule has 2 fully saturated rings. The average Bonchev–Trinajstić information content (AvgIpc) is 2.51. The normalized spacial score (nSPS) is 41.6. The van der Waals surface area contributed by atoms with Gasteiger partial charge in [-0.1, -0.05) is 0 Å². The van der Waals surface area contributed by atoms with Crippen LogP contribution in [0.25, 0.3) is 0 Å². The summed E-state index contributed by atoms with van der Waals surface area (Å²) in [4.78, 5) is 2.10. The van der Waals surface area contributed by atoms with Crippen molar-refractivity contribution in [3.63, 3.8) is 0 Å². The summed E-state index contributed by atoms with van der Waals surface area (Å²) in [5.41, 5.74) is -1.49. The third-order valence-electron chi connectivity index (χ3n) is 3.22. The second kappa shape index (κ2) is 3.15. The number of hydrogen-bond acceptors (Lipinski definition) is 3. The lowest BCUT2D eigenvalue weighted by molar-refractivity contribution is -0.0658. The van der Waals surface area contributed by atoms with Gasteiger partial charge in [0.1, 0.15) is 11.4 Å². The largest absolute Gasteiger partial charge is 0.381 e. The first-order valence-corrected chi connectivity index (χ1v) is 5.05. The fourth-order valence-electron chi connectivity index (χ4n) is 2.56. The van der Waals surface area contributed by atoms with Crippen LogP contribution in [-0.4, -0.2) is 49.2 Å². The molecule has 0 N–H and O–H groups in total. The van der Waals surface area contributed by atoms with Crippen molar-refractivity contribution in [3.8, 4) is 0 Å². The standard InChI is InChI=1S/C10H18FNO2/c1-9(2)12-6-10(11,7-13-3)4-8(12)5-14-9/h8H,4-7H2,1-3H3/t8-,10+/m0/s1. The summed E-state index contributed by atoms with van der Waals surface area (Å²) in [6.45, 7) is 5.24. The van der Waals surface area contributed by atoms with Crippen molar-refractivity contribution in [2.24, 2.45) is 0 Å². The Bertz CT molecular complexity index is 234. The minimum absolute atomic E-state index is 0.191. The highest BCUT2D eigenvalue weighted by atomic mass is 19.1. The van der Waals surface area contributed by atoms with Crippen LogP contribution in [-0.2, 0) is 9.47 Å². The van der Waals surface area contributed by atoms with E-state index in [1.165, 1.54) is 0 Å². The number of ether oxygens (including phenoxy) is 2. The maximum Gasteiger partial charge on any atom is 0.148 e. The van der Waals surface area contributed by atoms with Crippen LogP contribution >= 0.6 is 0 Å². The highest BCUT2D eigenvalue weighted by molar-refractivity contribution is 5.02. The van der Waals surface area contributed by atoms with E-state index in [0.717, 1.165) is 0 Å². The Hall–Kier alpha value is -0.190. The summed E-state index contributed by atoms with van der Waals surface area (Å²) < 4.78 is 24.7. The van der Waals surface area contributed by atoms with E-state index in [-0.39, 0.29) is 18.4 Å². The molecule has 2 saturated heterocycles. The molecule has 82 valence electrons. The topological polar surface area (TPSA) is 21.7 Å². The summed E-state index contributed by atoms with van der Waals surface area (Å²) in [6.07, 6.45) is 0.532. The van der Waals surface area contributed by atoms with Gasteiger partial charge in [0.15, 0.2) is 0 Å². The number of hydrogen-bond donors (Lipinski definition) is 0. The second-order valence-electron chi connectivity index (χ2n) is 4.83. The molecule has 2 rings (SSSR count). The highest BCUT2D eigenvalue weighted by Gasteiger charge is 2.53. The average molecular weight is 203 g/mol. The molecule has 0 bridgehead atoms. The molecule has 2 aliphatic heterocycles. The number of methoxy groups -OCH3 is 1. The van der Waals surface area contributed by atoms with Gasteiger partial charge < -0.3 is 9.47 Å². The van der Waals surface area contributed by atoms with Gasteiger partial charge in [-0.3, -0.25) is 4.90 Å². The molecular weight excluding hydrogens is 185 g/mol. The van der Waals surface area contributed by atoms with Crippen LogP contribution in [0.5, 0.6) is 0 Å². The van der Waals surface area contributed by atoms with Crippen molar-refractivity contribution < 1.29 is 13.9 Å². The monoisotopic (exact) mass is 203 g/mol. The Kier molecular flexibility index (Phi) is 2.33. The molecule has 0 amide bonds. The second-order valence-corrected chi connectivity index (χ2v) is 4.83. The van der Waals surface area contributed by atoms with E-state index in [1.54, 1.807) is 7.11 Å². The van der Waals surface area contributed by atoms with Gasteiger partial charge in [-0.15, -0.1) is 0 Å². The fourth-order valence-corrected chi connectivity index (χ4v) is 2.56. The number of alkyl halides is 1. The molecule has 0 unspecified atom stereocenters. The molecule has 4 heteroatoms. The van der Waals surface area contributed by atoms with Gasteiger partial charge >= 0.3 is 0 Å². The SMILES string of the molecule is COC[C@@]1(F)C[C@H]2COC(C)(C)N2C1. The molecule has 2 heterocycles. The van der Waals surface area contributed by atoms with Crippen molar-refractivity contribution in [2.45, 2.75) is 37.7 Å². The Labute approximate surface area is 84.2 Å². The fraction of sp³-hybridized carbons (Fsp3) is 1.00. The van der Waals surface area contributed by atoms with E-state index in [1.807, 2.05) is 13.8 Å². The predicted molar refractivity (Wildman–Crippen MR) is 50.9 cm³/mol. The van der Waals surface area contributed by atoms with Crippen LogP contribution in [0, 0.1) is 0 Å². The first-order chi connectivity index (χ1) is 6.47. The van der Waals surface area contributed by atoms with E-state index >= 15 is 0 Å². The summed E-state index contributed by atoms with van der Waals surface area (Å²) in [6, 6.07) is 0.227. The van der Waals surface area contributed by atoms with Crippen molar-refractivity contribution in [3.05, 3.63) is 0 Å². The highest BCUT2D eigenvalue weighted by Crippen LogP contribution is 2.40. The Morgan fingerprint density at radius 2 is 2.29 bits per heavy atom. The molecule has 2 atom stereocenters. The molecular formula is C10H18FNO2. The summed E-state index contributed by atoms with van der Waals surface area (Å²) in [7, 11) is 1.55. The molecule has 2 aliphatic rings. The molecule has 0 radical (unpaired) electrons. The van der Waals surface area contributed by atoms with Crippen LogP contribution in [0.2, 0.25) is 0 Å². The van der Waals surface area contributed by atoms with Crippen LogP contribution in [0.15, 0.2) is 0 Å². The van der Waals surface area contributed by atoms with E-state index in [2.05, 4.69) is 4.90 Å². The summed E-state index contributed by atoms with van der Waals surface area (Å²) in [5.74, 6) is 0. The van der Waals surface area contributed by atoms with Gasteiger partial charge in [0, 0.05) is 26.1 Å². The third kappa shape index (κ3) is 1.55. The van der Waals surface area contributed by atoms with Crippen molar-refractivity contribution >= 4 is 0 Å². The quantitative estimate of drug-likeness (QED) is 0.672.